The molecule has 25 heavy (non-hydrogen) atoms. The molecule has 4 rings (SSSR count). The van der Waals surface area contributed by atoms with Gasteiger partial charge in [-0.05, 0) is 37.8 Å². The lowest BCUT2D eigenvalue weighted by molar-refractivity contribution is 0.143. The van der Waals surface area contributed by atoms with Gasteiger partial charge in [0.05, 0.1) is 0 Å². The van der Waals surface area contributed by atoms with E-state index in [9.17, 15) is 4.79 Å². The Morgan fingerprint density at radius 3 is 2.72 bits per heavy atom. The molecule has 2 fully saturated rings. The van der Waals surface area contributed by atoms with Gasteiger partial charge in [-0.2, -0.15) is 0 Å². The zero-order chi connectivity index (χ0) is 17.4. The Morgan fingerprint density at radius 2 is 2.00 bits per heavy atom. The Balaban J connectivity index is 1.50. The topological polar surface area (TPSA) is 42.6 Å². The quantitative estimate of drug-likeness (QED) is 0.925. The second-order valence-electron chi connectivity index (χ2n) is 7.27. The van der Waals surface area contributed by atoms with E-state index in [1.165, 1.54) is 16.7 Å². The molecule has 2 aliphatic heterocycles. The van der Waals surface area contributed by atoms with Crippen molar-refractivity contribution in [3.8, 4) is 0 Å². The maximum absolute atomic E-state index is 12.6. The largest absolute Gasteiger partial charge is 0.358 e. The molecule has 2 aromatic rings. The van der Waals surface area contributed by atoms with Crippen LogP contribution in [0.15, 0.2) is 30.3 Å². The van der Waals surface area contributed by atoms with Crippen LogP contribution in [0, 0.1) is 5.92 Å². The number of anilines is 1. The molecule has 1 N–H and O–H groups in total. The molecule has 1 aromatic heterocycles. The van der Waals surface area contributed by atoms with Gasteiger partial charge < -0.3 is 19.7 Å². The summed E-state index contributed by atoms with van der Waals surface area (Å²) in [5.41, 5.74) is 1.20. The third kappa shape index (κ3) is 2.86. The standard InChI is InChI=1S/C20H28N4O/c1-3-15-14-23(19-13-16-7-5-6-8-17(16)21-19)10-9-18(15)24-12-11-22(4-2)20(24)25/h5-8,13,15,18,21H,3-4,9-12,14H2,1-2H3. The zero-order valence-corrected chi connectivity index (χ0v) is 15.2. The highest BCUT2D eigenvalue weighted by atomic mass is 16.2. The van der Waals surface area contributed by atoms with Gasteiger partial charge in [0.15, 0.2) is 0 Å². The molecule has 134 valence electrons. The SMILES string of the molecule is CCC1CN(c2cc3ccccc3[nH]2)CCC1N1CCN(CC)C1=O. The smallest absolute Gasteiger partial charge is 0.320 e. The summed E-state index contributed by atoms with van der Waals surface area (Å²) in [7, 11) is 0. The number of nitrogens with zero attached hydrogens (tertiary/aromatic N) is 3. The molecule has 2 saturated heterocycles. The van der Waals surface area contributed by atoms with Crippen LogP contribution in [0.5, 0.6) is 0 Å². The van der Waals surface area contributed by atoms with Crippen LogP contribution in [0.2, 0.25) is 0 Å². The summed E-state index contributed by atoms with van der Waals surface area (Å²) < 4.78 is 0. The Bertz CT molecular complexity index is 722. The van der Waals surface area contributed by atoms with E-state index in [1.54, 1.807) is 0 Å². The highest BCUT2D eigenvalue weighted by Gasteiger charge is 2.39. The van der Waals surface area contributed by atoms with Crippen molar-refractivity contribution in [2.45, 2.75) is 32.7 Å². The number of H-pyrrole nitrogens is 1. The van der Waals surface area contributed by atoms with Crippen molar-refractivity contribution < 1.29 is 4.79 Å². The Kier molecular flexibility index (Phi) is 4.32. The van der Waals surface area contributed by atoms with Crippen LogP contribution in [0.1, 0.15) is 26.7 Å². The first-order chi connectivity index (χ1) is 12.2. The van der Waals surface area contributed by atoms with Crippen LogP contribution in [-0.4, -0.2) is 59.6 Å². The Morgan fingerprint density at radius 1 is 1.16 bits per heavy atom. The number of carbonyl (C=O) groups excluding carboxylic acids is 1. The van der Waals surface area contributed by atoms with Gasteiger partial charge in [-0.15, -0.1) is 0 Å². The van der Waals surface area contributed by atoms with Gasteiger partial charge in [0, 0.05) is 49.7 Å². The van der Waals surface area contributed by atoms with Gasteiger partial charge >= 0.3 is 6.03 Å². The van der Waals surface area contributed by atoms with E-state index in [2.05, 4.69) is 59.0 Å². The lowest BCUT2D eigenvalue weighted by Crippen LogP contribution is -2.52. The van der Waals surface area contributed by atoms with Crippen LogP contribution in [0.4, 0.5) is 10.6 Å². The Labute approximate surface area is 149 Å². The lowest BCUT2D eigenvalue weighted by Gasteiger charge is -2.42. The number of fused-ring (bicyclic) bond motifs is 1. The van der Waals surface area contributed by atoms with Crippen molar-refractivity contribution in [1.29, 1.82) is 0 Å². The second-order valence-corrected chi connectivity index (χ2v) is 7.27. The summed E-state index contributed by atoms with van der Waals surface area (Å²) in [6.07, 6.45) is 2.16. The summed E-state index contributed by atoms with van der Waals surface area (Å²) in [6.45, 7) is 8.93. The number of benzene rings is 1. The molecule has 0 saturated carbocycles. The maximum Gasteiger partial charge on any atom is 0.320 e. The number of carbonyl (C=O) groups is 1. The number of hydrogen-bond acceptors (Lipinski definition) is 2. The number of aromatic nitrogens is 1. The van der Waals surface area contributed by atoms with E-state index < -0.39 is 0 Å². The summed E-state index contributed by atoms with van der Waals surface area (Å²) >= 11 is 0. The fraction of sp³-hybridized carbons (Fsp3) is 0.550. The molecule has 0 aliphatic carbocycles. The van der Waals surface area contributed by atoms with E-state index in [1.807, 2.05) is 4.90 Å². The van der Waals surface area contributed by atoms with Gasteiger partial charge in [-0.3, -0.25) is 0 Å². The molecule has 2 atom stereocenters. The summed E-state index contributed by atoms with van der Waals surface area (Å²) in [5.74, 6) is 1.74. The van der Waals surface area contributed by atoms with Crippen molar-refractivity contribution in [2.75, 3.05) is 37.6 Å². The summed E-state index contributed by atoms with van der Waals surface area (Å²) in [5, 5.41) is 1.26. The molecule has 2 aliphatic rings. The van der Waals surface area contributed by atoms with Crippen LogP contribution in [0.3, 0.4) is 0 Å². The number of nitrogens with one attached hydrogen (secondary N) is 1. The van der Waals surface area contributed by atoms with Gasteiger partial charge in [0.2, 0.25) is 0 Å². The number of para-hydroxylation sites is 1. The lowest BCUT2D eigenvalue weighted by atomic mass is 9.89. The molecule has 2 unspecified atom stereocenters. The molecule has 2 amide bonds. The molecule has 3 heterocycles. The monoisotopic (exact) mass is 340 g/mol. The molecular weight excluding hydrogens is 312 g/mol. The van der Waals surface area contributed by atoms with Crippen LogP contribution in [-0.2, 0) is 0 Å². The van der Waals surface area contributed by atoms with E-state index in [0.717, 1.165) is 45.6 Å². The predicted molar refractivity (Wildman–Crippen MR) is 102 cm³/mol. The van der Waals surface area contributed by atoms with Crippen molar-refractivity contribution in [2.24, 2.45) is 5.92 Å². The number of piperidine rings is 1. The van der Waals surface area contributed by atoms with E-state index in [-0.39, 0.29) is 6.03 Å². The number of urea groups is 1. The number of aromatic amines is 1. The van der Waals surface area contributed by atoms with Crippen molar-refractivity contribution in [3.05, 3.63) is 30.3 Å². The highest BCUT2D eigenvalue weighted by Crippen LogP contribution is 2.31. The molecule has 0 radical (unpaired) electrons. The minimum absolute atomic E-state index is 0.241. The normalized spacial score (nSPS) is 24.6. The Hall–Kier alpha value is -2.17. The van der Waals surface area contributed by atoms with Crippen molar-refractivity contribution >= 4 is 22.8 Å². The average Bonchev–Trinajstić information content (AvgIpc) is 3.24. The number of amides is 2. The van der Waals surface area contributed by atoms with Gasteiger partial charge in [0.1, 0.15) is 5.82 Å². The molecule has 0 spiro atoms. The van der Waals surface area contributed by atoms with Gasteiger partial charge in [0.25, 0.3) is 0 Å². The molecule has 1 aromatic carbocycles. The van der Waals surface area contributed by atoms with Gasteiger partial charge in [-0.25, -0.2) is 4.79 Å². The van der Waals surface area contributed by atoms with E-state index in [0.29, 0.717) is 12.0 Å². The number of likely N-dealkylation sites (N-methyl/N-ethyl adjacent to an activating group) is 1. The molecule has 5 nitrogen and oxygen atoms in total. The number of hydrogen-bond donors (Lipinski definition) is 1. The summed E-state index contributed by atoms with van der Waals surface area (Å²) in [4.78, 5) is 22.7. The minimum atomic E-state index is 0.241. The first-order valence-electron chi connectivity index (χ1n) is 9.59. The third-order valence-corrected chi connectivity index (χ3v) is 5.98. The fourth-order valence-electron chi connectivity index (χ4n) is 4.48. The predicted octanol–water partition coefficient (Wildman–Crippen LogP) is 3.53. The van der Waals surface area contributed by atoms with E-state index in [4.69, 9.17) is 0 Å². The van der Waals surface area contributed by atoms with Crippen LogP contribution in [0.25, 0.3) is 10.9 Å². The molecule has 0 bridgehead atoms. The first-order valence-corrected chi connectivity index (χ1v) is 9.59. The van der Waals surface area contributed by atoms with Crippen molar-refractivity contribution in [1.82, 2.24) is 14.8 Å². The van der Waals surface area contributed by atoms with Crippen molar-refractivity contribution in [3.63, 3.8) is 0 Å². The van der Waals surface area contributed by atoms with E-state index >= 15 is 0 Å². The van der Waals surface area contributed by atoms with Crippen LogP contribution < -0.4 is 4.90 Å². The molecule has 5 heteroatoms. The third-order valence-electron chi connectivity index (χ3n) is 5.98. The second kappa shape index (κ2) is 6.62. The maximum atomic E-state index is 12.6. The average molecular weight is 340 g/mol. The molecular formula is C20H28N4O. The minimum Gasteiger partial charge on any atom is -0.358 e. The highest BCUT2D eigenvalue weighted by molar-refractivity contribution is 5.84. The van der Waals surface area contributed by atoms with Crippen LogP contribution >= 0.6 is 0 Å². The first kappa shape index (κ1) is 16.3. The van der Waals surface area contributed by atoms with Gasteiger partial charge in [-0.1, -0.05) is 25.1 Å². The zero-order valence-electron chi connectivity index (χ0n) is 15.2. The summed E-state index contributed by atoms with van der Waals surface area (Å²) in [6, 6.07) is 11.3. The number of rotatable bonds is 4. The fourth-order valence-corrected chi connectivity index (χ4v) is 4.48.